The summed E-state index contributed by atoms with van der Waals surface area (Å²) in [6.45, 7) is 0. The van der Waals surface area contributed by atoms with Crippen molar-refractivity contribution in [1.82, 2.24) is 0 Å². The summed E-state index contributed by atoms with van der Waals surface area (Å²) in [7, 11) is -13.0. The summed E-state index contributed by atoms with van der Waals surface area (Å²) in [5.41, 5.74) is 0. The number of hydrogen-bond acceptors (Lipinski definition) is 9. The van der Waals surface area contributed by atoms with Crippen LogP contribution >= 0.6 is 0 Å². The minimum atomic E-state index is -4.34. The molecule has 6 rings (SSSR count). The zero-order chi connectivity index (χ0) is 30.5. The van der Waals surface area contributed by atoms with Gasteiger partial charge in [0.05, 0.1) is 14.7 Å². The molecule has 0 fully saturated rings. The average Bonchev–Trinajstić information content (AvgIpc) is 2.95. The van der Waals surface area contributed by atoms with Crippen molar-refractivity contribution < 1.29 is 74.5 Å². The quantitative estimate of drug-likeness (QED) is 0.219. The van der Waals surface area contributed by atoms with Crippen molar-refractivity contribution in [3.63, 3.8) is 0 Å². The second-order valence-electron chi connectivity index (χ2n) is 8.89. The van der Waals surface area contributed by atoms with Crippen LogP contribution in [0.5, 0.6) is 0 Å². The molecule has 6 aromatic rings. The molecule has 0 heterocycles. The van der Waals surface area contributed by atoms with Gasteiger partial charge in [0, 0.05) is 0 Å². The maximum absolute atomic E-state index is 10.7. The number of fused-ring (bicyclic) bond motifs is 3. The van der Waals surface area contributed by atoms with Crippen molar-refractivity contribution >= 4 is 62.7 Å². The summed E-state index contributed by atoms with van der Waals surface area (Å²) in [5.74, 6) is 0. The van der Waals surface area contributed by atoms with Gasteiger partial charge in [-0.25, -0.2) is 25.3 Å². The van der Waals surface area contributed by atoms with Gasteiger partial charge in [0.1, 0.15) is 30.4 Å². The molecule has 0 aliphatic carbocycles. The minimum Gasteiger partial charge on any atom is -0.744 e. The van der Waals surface area contributed by atoms with Crippen LogP contribution in [0.1, 0.15) is 0 Å². The van der Waals surface area contributed by atoms with Crippen molar-refractivity contribution in [3.8, 4) is 0 Å². The fraction of sp³-hybridized carbons (Fsp3) is 0. The van der Waals surface area contributed by atoms with Gasteiger partial charge in [-0.05, 0) is 68.7 Å². The molecule has 13 heteroatoms. The van der Waals surface area contributed by atoms with E-state index in [1.54, 1.807) is 54.6 Å². The summed E-state index contributed by atoms with van der Waals surface area (Å²) in [4.78, 5) is -0.552. The molecule has 0 spiro atoms. The number of hydrogen-bond donors (Lipinski definition) is 0. The third-order valence-corrected chi connectivity index (χ3v) is 8.52. The van der Waals surface area contributed by atoms with E-state index < -0.39 is 30.4 Å². The Morgan fingerprint density at radius 1 is 0.326 bits per heavy atom. The van der Waals surface area contributed by atoms with Gasteiger partial charge in [-0.15, -0.1) is 0 Å². The topological polar surface area (TPSA) is 172 Å². The SMILES string of the molecule is O=S(=O)([O-])c1ccc2ccccc2c1.O=S(=O)([O-])c1ccc2ccccc2c1.O=S(=O)([O-])c1ccc2ccccc2c1.[La+3]. The van der Waals surface area contributed by atoms with E-state index in [0.29, 0.717) is 0 Å². The van der Waals surface area contributed by atoms with E-state index in [2.05, 4.69) is 0 Å². The molecule has 0 bridgehead atoms. The largest absolute Gasteiger partial charge is 3.00 e. The Balaban J connectivity index is 0.000000175. The molecule has 0 aliphatic heterocycles. The fourth-order valence-electron chi connectivity index (χ4n) is 3.97. The molecular formula is C30H21LaO9S3. The molecule has 0 amide bonds. The molecule has 6 aromatic carbocycles. The summed E-state index contributed by atoms with van der Waals surface area (Å²) >= 11 is 0. The second kappa shape index (κ2) is 14.2. The van der Waals surface area contributed by atoms with Gasteiger partial charge in [0.2, 0.25) is 0 Å². The zero-order valence-electron chi connectivity index (χ0n) is 22.1. The number of benzene rings is 6. The van der Waals surface area contributed by atoms with Crippen molar-refractivity contribution in [2.75, 3.05) is 0 Å². The van der Waals surface area contributed by atoms with Crippen LogP contribution in [0.2, 0.25) is 0 Å². The van der Waals surface area contributed by atoms with Crippen LogP contribution in [-0.2, 0) is 30.4 Å². The maximum atomic E-state index is 10.7. The average molecular weight is 761 g/mol. The van der Waals surface area contributed by atoms with Gasteiger partial charge in [0.25, 0.3) is 0 Å². The monoisotopic (exact) mass is 760 g/mol. The van der Waals surface area contributed by atoms with E-state index in [4.69, 9.17) is 0 Å². The van der Waals surface area contributed by atoms with Gasteiger partial charge in [0.15, 0.2) is 0 Å². The third-order valence-electron chi connectivity index (χ3n) is 6.03. The summed E-state index contributed by atoms with van der Waals surface area (Å²) < 4.78 is 96.5. The molecule has 0 unspecified atom stereocenters. The first kappa shape index (κ1) is 34.5. The Morgan fingerprint density at radius 3 is 0.744 bits per heavy atom. The van der Waals surface area contributed by atoms with E-state index in [1.165, 1.54) is 36.4 Å². The fourth-order valence-corrected chi connectivity index (χ4v) is 5.49. The van der Waals surface area contributed by atoms with Crippen LogP contribution in [0.25, 0.3) is 32.3 Å². The maximum Gasteiger partial charge on any atom is 3.00 e. The van der Waals surface area contributed by atoms with Crippen molar-refractivity contribution in [3.05, 3.63) is 127 Å². The van der Waals surface area contributed by atoms with Crippen LogP contribution < -0.4 is 0 Å². The summed E-state index contributed by atoms with van der Waals surface area (Å²) in [5, 5.41) is 5.01. The van der Waals surface area contributed by atoms with E-state index in [-0.39, 0.29) is 50.3 Å². The first-order valence-electron chi connectivity index (χ1n) is 12.1. The van der Waals surface area contributed by atoms with E-state index >= 15 is 0 Å². The molecule has 216 valence electrons. The first-order chi connectivity index (χ1) is 19.7. The predicted octanol–water partition coefficient (Wildman–Crippen LogP) is 5.23. The van der Waals surface area contributed by atoms with Crippen LogP contribution in [-0.4, -0.2) is 38.9 Å². The van der Waals surface area contributed by atoms with E-state index in [9.17, 15) is 38.9 Å². The van der Waals surface area contributed by atoms with Gasteiger partial charge in [-0.2, -0.15) is 0 Å². The Morgan fingerprint density at radius 2 is 0.535 bits per heavy atom. The predicted molar refractivity (Wildman–Crippen MR) is 156 cm³/mol. The van der Waals surface area contributed by atoms with Crippen molar-refractivity contribution in [2.45, 2.75) is 14.7 Å². The Bertz CT molecular complexity index is 1980. The van der Waals surface area contributed by atoms with Crippen LogP contribution in [0.3, 0.4) is 0 Å². The van der Waals surface area contributed by atoms with Crippen LogP contribution in [0.4, 0.5) is 0 Å². The molecule has 43 heavy (non-hydrogen) atoms. The Hall–Kier alpha value is -2.98. The van der Waals surface area contributed by atoms with Gasteiger partial charge in [-0.1, -0.05) is 91.0 Å². The molecule has 0 radical (unpaired) electrons. The molecule has 0 N–H and O–H groups in total. The van der Waals surface area contributed by atoms with Crippen LogP contribution in [0.15, 0.2) is 142 Å². The Kier molecular flexibility index (Phi) is 11.4. The Labute approximate surface area is 277 Å². The molecule has 0 atom stereocenters. The first-order valence-corrected chi connectivity index (χ1v) is 16.3. The molecule has 0 aliphatic rings. The van der Waals surface area contributed by atoms with Crippen molar-refractivity contribution in [1.29, 1.82) is 0 Å². The standard InChI is InChI=1S/3C10H8O3S.La/c3*11-14(12,13)10-6-5-8-3-1-2-4-9(8)7-10;/h3*1-7H,(H,11,12,13);/q;;;+3/p-3. The molecular weight excluding hydrogens is 739 g/mol. The molecule has 0 saturated heterocycles. The normalized spacial score (nSPS) is 11.5. The minimum absolute atomic E-state index is 0. The smallest absolute Gasteiger partial charge is 0.744 e. The van der Waals surface area contributed by atoms with E-state index in [1.807, 2.05) is 36.4 Å². The van der Waals surface area contributed by atoms with Crippen molar-refractivity contribution in [2.24, 2.45) is 0 Å². The zero-order valence-corrected chi connectivity index (χ0v) is 28.2. The number of rotatable bonds is 3. The summed E-state index contributed by atoms with van der Waals surface area (Å²) in [6, 6.07) is 34.8. The molecule has 9 nitrogen and oxygen atoms in total. The third kappa shape index (κ3) is 9.50. The summed E-state index contributed by atoms with van der Waals surface area (Å²) in [6.07, 6.45) is 0. The molecule has 0 saturated carbocycles. The van der Waals surface area contributed by atoms with Crippen LogP contribution in [0, 0.1) is 35.6 Å². The van der Waals surface area contributed by atoms with Gasteiger partial charge in [-0.3, -0.25) is 0 Å². The van der Waals surface area contributed by atoms with E-state index in [0.717, 1.165) is 32.3 Å². The van der Waals surface area contributed by atoms with Gasteiger partial charge < -0.3 is 13.7 Å². The van der Waals surface area contributed by atoms with Gasteiger partial charge >= 0.3 is 35.6 Å². The molecule has 0 aromatic heterocycles. The second-order valence-corrected chi connectivity index (χ2v) is 13.0.